The number of aromatic nitrogens is 2. The highest BCUT2D eigenvalue weighted by Gasteiger charge is 2.31. The molecule has 0 aliphatic carbocycles. The minimum atomic E-state index is -3.51. The van der Waals surface area contributed by atoms with Gasteiger partial charge in [0, 0.05) is 0 Å². The zero-order valence-electron chi connectivity index (χ0n) is 15.4. The predicted molar refractivity (Wildman–Crippen MR) is 98.2 cm³/mol. The number of ether oxygens (including phenoxy) is 1. The number of quaternary nitrogens is 1. The molecular weight excluding hydrogens is 384 g/mol. The molecule has 1 N–H and O–H groups in total. The molecule has 1 fully saturated rings. The minimum Gasteiger partial charge on any atom is -0.497 e. The third kappa shape index (κ3) is 3.79. The van der Waals surface area contributed by atoms with Crippen molar-refractivity contribution in [3.8, 4) is 17.4 Å². The van der Waals surface area contributed by atoms with Gasteiger partial charge in [-0.25, -0.2) is 8.42 Å². The average Bonchev–Trinajstić information content (AvgIpc) is 3.40. The average molecular weight is 405 g/mol. The molecule has 1 aliphatic rings. The molecule has 0 amide bonds. The number of sulfonamides is 1. The summed E-state index contributed by atoms with van der Waals surface area (Å²) in [5, 5.41) is 8.05. The standard InChI is InChI=1S/C18H20N4O5S/c1-25-14-4-6-15(7-5-14)28(23,24)22-10-8-21(9-11-22)13-17-19-20-18(27-17)16-3-2-12-26-16/h2-7,12H,8-11,13H2,1H3/p+1. The molecule has 0 bridgehead atoms. The number of methoxy groups -OCH3 is 1. The summed E-state index contributed by atoms with van der Waals surface area (Å²) >= 11 is 0. The molecule has 0 radical (unpaired) electrons. The molecule has 0 unspecified atom stereocenters. The number of hydrogen-bond donors (Lipinski definition) is 1. The molecule has 1 aliphatic heterocycles. The predicted octanol–water partition coefficient (Wildman–Crippen LogP) is 0.428. The van der Waals surface area contributed by atoms with Crippen LogP contribution in [0.15, 0.2) is 56.4 Å². The van der Waals surface area contributed by atoms with E-state index in [2.05, 4.69) is 10.2 Å². The summed E-state index contributed by atoms with van der Waals surface area (Å²) in [7, 11) is -1.96. The number of nitrogens with one attached hydrogen (secondary N) is 1. The third-order valence-corrected chi connectivity index (χ3v) is 6.64. The van der Waals surface area contributed by atoms with Crippen molar-refractivity contribution in [1.29, 1.82) is 0 Å². The summed E-state index contributed by atoms with van der Waals surface area (Å²) in [4.78, 5) is 1.47. The molecule has 3 aromatic rings. The number of benzene rings is 1. The van der Waals surface area contributed by atoms with Gasteiger partial charge in [0.05, 0.1) is 44.4 Å². The highest BCUT2D eigenvalue weighted by Crippen LogP contribution is 2.20. The summed E-state index contributed by atoms with van der Waals surface area (Å²) < 4.78 is 43.1. The summed E-state index contributed by atoms with van der Waals surface area (Å²) in [5.41, 5.74) is 0. The molecule has 2 aromatic heterocycles. The Bertz CT molecular complexity index is 1010. The van der Waals surface area contributed by atoms with E-state index in [1.807, 2.05) is 0 Å². The maximum absolute atomic E-state index is 12.8. The normalized spacial score (nSPS) is 16.3. The van der Waals surface area contributed by atoms with Crippen LogP contribution >= 0.6 is 0 Å². The highest BCUT2D eigenvalue weighted by molar-refractivity contribution is 7.89. The zero-order chi connectivity index (χ0) is 19.6. The molecule has 0 spiro atoms. The molecule has 9 nitrogen and oxygen atoms in total. The lowest BCUT2D eigenvalue weighted by Crippen LogP contribution is -3.13. The Balaban J connectivity index is 1.36. The van der Waals surface area contributed by atoms with Crippen molar-refractivity contribution in [3.63, 3.8) is 0 Å². The van der Waals surface area contributed by atoms with E-state index in [9.17, 15) is 8.42 Å². The largest absolute Gasteiger partial charge is 0.497 e. The molecule has 0 saturated carbocycles. The maximum atomic E-state index is 12.8. The number of nitrogens with zero attached hydrogens (tertiary/aromatic N) is 3. The van der Waals surface area contributed by atoms with Gasteiger partial charge < -0.3 is 18.5 Å². The SMILES string of the molecule is COc1ccc(S(=O)(=O)N2CC[NH+](Cc3nnc(-c4ccco4)o3)CC2)cc1. The maximum Gasteiger partial charge on any atom is 0.283 e. The van der Waals surface area contributed by atoms with Crippen LogP contribution in [-0.2, 0) is 16.6 Å². The van der Waals surface area contributed by atoms with Gasteiger partial charge in [-0.1, -0.05) is 0 Å². The van der Waals surface area contributed by atoms with Crippen LogP contribution < -0.4 is 9.64 Å². The Morgan fingerprint density at radius 1 is 1.14 bits per heavy atom. The smallest absolute Gasteiger partial charge is 0.283 e. The van der Waals surface area contributed by atoms with Crippen LogP contribution in [0.3, 0.4) is 0 Å². The van der Waals surface area contributed by atoms with Crippen LogP contribution in [0.5, 0.6) is 5.75 Å². The van der Waals surface area contributed by atoms with Crippen molar-refractivity contribution in [3.05, 3.63) is 48.6 Å². The lowest BCUT2D eigenvalue weighted by Gasteiger charge is -2.30. The number of hydrogen-bond acceptors (Lipinski definition) is 7. The molecule has 28 heavy (non-hydrogen) atoms. The Labute approximate surface area is 162 Å². The first-order chi connectivity index (χ1) is 13.6. The van der Waals surface area contributed by atoms with E-state index in [1.165, 1.54) is 9.21 Å². The van der Waals surface area contributed by atoms with Gasteiger partial charge in [0.15, 0.2) is 12.3 Å². The second kappa shape index (κ2) is 7.74. The second-order valence-electron chi connectivity index (χ2n) is 6.48. The fraction of sp³-hybridized carbons (Fsp3) is 0.333. The Morgan fingerprint density at radius 2 is 1.89 bits per heavy atom. The topological polar surface area (TPSA) is 103 Å². The van der Waals surface area contributed by atoms with Crippen molar-refractivity contribution in [2.75, 3.05) is 33.3 Å². The van der Waals surface area contributed by atoms with Crippen molar-refractivity contribution >= 4 is 10.0 Å². The van der Waals surface area contributed by atoms with Crippen molar-refractivity contribution in [2.45, 2.75) is 11.4 Å². The Morgan fingerprint density at radius 3 is 2.54 bits per heavy atom. The van der Waals surface area contributed by atoms with Crippen LogP contribution in [0.1, 0.15) is 5.89 Å². The Kier molecular flexibility index (Phi) is 5.16. The highest BCUT2D eigenvalue weighted by atomic mass is 32.2. The molecule has 4 rings (SSSR count). The monoisotopic (exact) mass is 405 g/mol. The van der Waals surface area contributed by atoms with Gasteiger partial charge in [-0.2, -0.15) is 4.31 Å². The van der Waals surface area contributed by atoms with Crippen molar-refractivity contribution in [1.82, 2.24) is 14.5 Å². The minimum absolute atomic E-state index is 0.275. The van der Waals surface area contributed by atoms with Gasteiger partial charge in [0.25, 0.3) is 11.8 Å². The molecular formula is C18H21N4O5S+. The lowest BCUT2D eigenvalue weighted by atomic mass is 10.3. The van der Waals surface area contributed by atoms with Gasteiger partial charge in [0.2, 0.25) is 10.0 Å². The van der Waals surface area contributed by atoms with Crippen LogP contribution in [0, 0.1) is 0 Å². The van der Waals surface area contributed by atoms with Gasteiger partial charge in [-0.3, -0.25) is 0 Å². The van der Waals surface area contributed by atoms with E-state index in [-0.39, 0.29) is 4.90 Å². The van der Waals surface area contributed by atoms with Crippen LogP contribution in [0.2, 0.25) is 0 Å². The molecule has 1 aromatic carbocycles. The van der Waals surface area contributed by atoms with E-state index >= 15 is 0 Å². The third-order valence-electron chi connectivity index (χ3n) is 4.73. The summed E-state index contributed by atoms with van der Waals surface area (Å²) in [6.45, 7) is 2.73. The quantitative estimate of drug-likeness (QED) is 0.634. The van der Waals surface area contributed by atoms with E-state index < -0.39 is 10.0 Å². The molecule has 1 saturated heterocycles. The number of rotatable bonds is 6. The summed E-state index contributed by atoms with van der Waals surface area (Å²) in [5.74, 6) is 2.01. The van der Waals surface area contributed by atoms with Gasteiger partial charge in [-0.05, 0) is 36.4 Å². The molecule has 3 heterocycles. The lowest BCUT2D eigenvalue weighted by molar-refractivity contribution is -0.918. The van der Waals surface area contributed by atoms with Gasteiger partial charge in [0.1, 0.15) is 5.75 Å². The summed E-state index contributed by atoms with van der Waals surface area (Å²) in [6, 6.07) is 9.96. The van der Waals surface area contributed by atoms with Gasteiger partial charge >= 0.3 is 0 Å². The van der Waals surface area contributed by atoms with Crippen LogP contribution in [-0.4, -0.2) is 56.2 Å². The second-order valence-corrected chi connectivity index (χ2v) is 8.42. The first-order valence-corrected chi connectivity index (χ1v) is 10.3. The van der Waals surface area contributed by atoms with E-state index in [0.29, 0.717) is 56.0 Å². The van der Waals surface area contributed by atoms with E-state index in [4.69, 9.17) is 13.6 Å². The molecule has 10 heteroatoms. The first kappa shape index (κ1) is 18.7. The van der Waals surface area contributed by atoms with Crippen molar-refractivity contribution < 1.29 is 26.9 Å². The first-order valence-electron chi connectivity index (χ1n) is 8.90. The summed E-state index contributed by atoms with van der Waals surface area (Å²) in [6.07, 6.45) is 1.55. The van der Waals surface area contributed by atoms with E-state index in [1.54, 1.807) is 49.8 Å². The number of furan rings is 1. The van der Waals surface area contributed by atoms with Crippen molar-refractivity contribution in [2.24, 2.45) is 0 Å². The van der Waals surface area contributed by atoms with Crippen LogP contribution in [0.4, 0.5) is 0 Å². The van der Waals surface area contributed by atoms with E-state index in [0.717, 1.165) is 0 Å². The fourth-order valence-corrected chi connectivity index (χ4v) is 4.60. The molecule has 0 atom stereocenters. The van der Waals surface area contributed by atoms with Gasteiger partial charge in [-0.15, -0.1) is 10.2 Å². The zero-order valence-corrected chi connectivity index (χ0v) is 16.2. The molecule has 148 valence electrons. The number of piperazine rings is 1. The van der Waals surface area contributed by atoms with Crippen LogP contribution in [0.25, 0.3) is 11.7 Å². The Hall–Kier alpha value is -2.69. The fourth-order valence-electron chi connectivity index (χ4n) is 3.16.